The third-order valence-corrected chi connectivity index (χ3v) is 7.30. The molecule has 0 N–H and O–H groups in total. The van der Waals surface area contributed by atoms with Crippen LogP contribution in [0.25, 0.3) is 0 Å². The van der Waals surface area contributed by atoms with Crippen LogP contribution in [0.1, 0.15) is 18.4 Å². The average molecular weight is 420 g/mol. The van der Waals surface area contributed by atoms with Crippen molar-refractivity contribution < 1.29 is 17.9 Å². The number of aromatic nitrogens is 1. The van der Waals surface area contributed by atoms with Crippen LogP contribution in [-0.2, 0) is 16.4 Å². The topological polar surface area (TPSA) is 72.0 Å². The van der Waals surface area contributed by atoms with E-state index in [-0.39, 0.29) is 10.9 Å². The molecule has 8 heteroatoms. The van der Waals surface area contributed by atoms with E-state index >= 15 is 0 Å². The second kappa shape index (κ2) is 9.56. The number of hydrogen-bond donors (Lipinski definition) is 0. The van der Waals surface area contributed by atoms with Gasteiger partial charge in [0.05, 0.1) is 14.2 Å². The van der Waals surface area contributed by atoms with Gasteiger partial charge in [0.1, 0.15) is 4.90 Å². The molecule has 0 amide bonds. The molecular weight excluding hydrogens is 390 g/mol. The summed E-state index contributed by atoms with van der Waals surface area (Å²) >= 11 is 0. The third-order valence-electron chi connectivity index (χ3n) is 5.46. The summed E-state index contributed by atoms with van der Waals surface area (Å²) < 4.78 is 38.1. The van der Waals surface area contributed by atoms with Crippen molar-refractivity contribution >= 4 is 10.0 Å². The summed E-state index contributed by atoms with van der Waals surface area (Å²) in [5.74, 6) is 1.44. The van der Waals surface area contributed by atoms with Crippen LogP contribution < -0.4 is 9.47 Å². The molecule has 1 aliphatic heterocycles. The van der Waals surface area contributed by atoms with Crippen molar-refractivity contribution in [2.75, 3.05) is 40.9 Å². The molecule has 158 valence electrons. The van der Waals surface area contributed by atoms with Gasteiger partial charge >= 0.3 is 0 Å². The SMILES string of the molecule is COc1ccc(CCN(C)C2CCCN(S(=O)(=O)c3cccnc3)C2)cc1OC. The van der Waals surface area contributed by atoms with Crippen molar-refractivity contribution in [1.82, 2.24) is 14.2 Å². The van der Waals surface area contributed by atoms with Crippen LogP contribution in [0.4, 0.5) is 0 Å². The molecule has 2 aromatic rings. The van der Waals surface area contributed by atoms with Gasteiger partial charge in [0.15, 0.2) is 11.5 Å². The fourth-order valence-corrected chi connectivity index (χ4v) is 5.15. The zero-order chi connectivity index (χ0) is 20.9. The van der Waals surface area contributed by atoms with Crippen LogP contribution in [0.15, 0.2) is 47.6 Å². The minimum absolute atomic E-state index is 0.190. The average Bonchev–Trinajstić information content (AvgIpc) is 2.77. The number of hydrogen-bond acceptors (Lipinski definition) is 6. The van der Waals surface area contributed by atoms with E-state index in [1.807, 2.05) is 18.2 Å². The molecule has 3 rings (SSSR count). The number of rotatable bonds is 8. The van der Waals surface area contributed by atoms with E-state index in [4.69, 9.17) is 9.47 Å². The lowest BCUT2D eigenvalue weighted by atomic mass is 10.1. The lowest BCUT2D eigenvalue weighted by molar-refractivity contribution is 0.164. The molecule has 1 aliphatic rings. The van der Waals surface area contributed by atoms with Crippen LogP contribution >= 0.6 is 0 Å². The lowest BCUT2D eigenvalue weighted by Crippen LogP contribution is -2.48. The van der Waals surface area contributed by atoms with Gasteiger partial charge in [0, 0.05) is 38.1 Å². The standard InChI is InChI=1S/C21H29N3O4S/c1-23(13-10-17-8-9-20(27-2)21(14-17)28-3)18-6-5-12-24(16-18)29(25,26)19-7-4-11-22-15-19/h4,7-9,11,14-15,18H,5-6,10,12-13,16H2,1-3H3. The monoisotopic (exact) mass is 419 g/mol. The minimum atomic E-state index is -3.50. The first-order valence-electron chi connectivity index (χ1n) is 9.77. The van der Waals surface area contributed by atoms with Crippen molar-refractivity contribution in [3.05, 3.63) is 48.3 Å². The van der Waals surface area contributed by atoms with Gasteiger partial charge < -0.3 is 14.4 Å². The van der Waals surface area contributed by atoms with E-state index in [1.165, 1.54) is 6.20 Å². The number of methoxy groups -OCH3 is 2. The summed E-state index contributed by atoms with van der Waals surface area (Å²) in [7, 11) is 1.82. The summed E-state index contributed by atoms with van der Waals surface area (Å²) in [6.07, 6.45) is 5.69. The Labute approximate surface area is 173 Å². The molecule has 29 heavy (non-hydrogen) atoms. The number of piperidine rings is 1. The van der Waals surface area contributed by atoms with Crippen LogP contribution in [0.3, 0.4) is 0 Å². The molecule has 0 bridgehead atoms. The van der Waals surface area contributed by atoms with E-state index < -0.39 is 10.0 Å². The van der Waals surface area contributed by atoms with Gasteiger partial charge in [0.25, 0.3) is 0 Å². The molecule has 7 nitrogen and oxygen atoms in total. The second-order valence-electron chi connectivity index (χ2n) is 7.27. The van der Waals surface area contributed by atoms with Gasteiger partial charge in [-0.05, 0) is 56.1 Å². The van der Waals surface area contributed by atoms with Crippen molar-refractivity contribution in [1.29, 1.82) is 0 Å². The quantitative estimate of drug-likeness (QED) is 0.654. The third kappa shape index (κ3) is 5.07. The fraction of sp³-hybridized carbons (Fsp3) is 0.476. The Kier molecular flexibility index (Phi) is 7.10. The second-order valence-corrected chi connectivity index (χ2v) is 9.21. The fourth-order valence-electron chi connectivity index (χ4n) is 3.67. The van der Waals surface area contributed by atoms with Gasteiger partial charge in [-0.15, -0.1) is 0 Å². The number of likely N-dealkylation sites (N-methyl/N-ethyl adjacent to an activating group) is 1. The first-order valence-corrected chi connectivity index (χ1v) is 11.2. The highest BCUT2D eigenvalue weighted by Gasteiger charge is 2.31. The van der Waals surface area contributed by atoms with Crippen LogP contribution in [-0.4, -0.2) is 69.6 Å². The van der Waals surface area contributed by atoms with Gasteiger partial charge in [-0.1, -0.05) is 6.07 Å². The van der Waals surface area contributed by atoms with Crippen molar-refractivity contribution in [2.24, 2.45) is 0 Å². The highest BCUT2D eigenvalue weighted by atomic mass is 32.2. The Morgan fingerprint density at radius 3 is 2.69 bits per heavy atom. The molecule has 1 unspecified atom stereocenters. The van der Waals surface area contributed by atoms with Crippen LogP contribution in [0.2, 0.25) is 0 Å². The molecule has 1 aromatic heterocycles. The predicted octanol–water partition coefficient (Wildman–Crippen LogP) is 2.43. The Morgan fingerprint density at radius 2 is 2.00 bits per heavy atom. The Morgan fingerprint density at radius 1 is 1.21 bits per heavy atom. The van der Waals surface area contributed by atoms with Crippen molar-refractivity contribution in [2.45, 2.75) is 30.2 Å². The first kappa shape index (κ1) is 21.5. The lowest BCUT2D eigenvalue weighted by Gasteiger charge is -2.37. The van der Waals surface area contributed by atoms with Crippen molar-refractivity contribution in [3.8, 4) is 11.5 Å². The largest absolute Gasteiger partial charge is 0.493 e. The summed E-state index contributed by atoms with van der Waals surface area (Å²) in [5, 5.41) is 0. The summed E-state index contributed by atoms with van der Waals surface area (Å²) in [6.45, 7) is 1.89. The van der Waals surface area contributed by atoms with Gasteiger partial charge in [-0.3, -0.25) is 4.98 Å². The molecule has 0 saturated carbocycles. The van der Waals surface area contributed by atoms with E-state index in [0.29, 0.717) is 18.8 Å². The number of nitrogens with zero attached hydrogens (tertiary/aromatic N) is 3. The highest BCUT2D eigenvalue weighted by Crippen LogP contribution is 2.28. The summed E-state index contributed by atoms with van der Waals surface area (Å²) in [4.78, 5) is 6.46. The maximum atomic E-state index is 12.9. The first-order chi connectivity index (χ1) is 14.0. The normalized spacial score (nSPS) is 18.0. The molecule has 0 aliphatic carbocycles. The highest BCUT2D eigenvalue weighted by molar-refractivity contribution is 7.89. The summed E-state index contributed by atoms with van der Waals surface area (Å²) in [5.41, 5.74) is 1.16. The van der Waals surface area contributed by atoms with E-state index in [9.17, 15) is 8.42 Å². The minimum Gasteiger partial charge on any atom is -0.493 e. The molecule has 1 aromatic carbocycles. The van der Waals surface area contributed by atoms with Gasteiger partial charge in [-0.2, -0.15) is 4.31 Å². The zero-order valence-corrected chi connectivity index (χ0v) is 18.1. The molecule has 0 spiro atoms. The Balaban J connectivity index is 1.62. The number of ether oxygens (including phenoxy) is 2. The van der Waals surface area contributed by atoms with Crippen LogP contribution in [0.5, 0.6) is 11.5 Å². The predicted molar refractivity (Wildman–Crippen MR) is 112 cm³/mol. The van der Waals surface area contributed by atoms with Crippen molar-refractivity contribution in [3.63, 3.8) is 0 Å². The molecular formula is C21H29N3O4S. The number of pyridine rings is 1. The van der Waals surface area contributed by atoms with Crippen LogP contribution in [0, 0.1) is 0 Å². The molecule has 1 saturated heterocycles. The number of sulfonamides is 1. The molecule has 1 fully saturated rings. The van der Waals surface area contributed by atoms with E-state index in [2.05, 4.69) is 16.9 Å². The summed E-state index contributed by atoms with van der Waals surface area (Å²) in [6, 6.07) is 9.39. The molecule has 0 radical (unpaired) electrons. The van der Waals surface area contributed by atoms with Gasteiger partial charge in [-0.25, -0.2) is 8.42 Å². The Bertz CT molecular complexity index is 905. The number of benzene rings is 1. The smallest absolute Gasteiger partial charge is 0.244 e. The maximum absolute atomic E-state index is 12.9. The van der Waals surface area contributed by atoms with E-state index in [1.54, 1.807) is 36.9 Å². The van der Waals surface area contributed by atoms with E-state index in [0.717, 1.165) is 37.1 Å². The maximum Gasteiger partial charge on any atom is 0.244 e. The molecule has 2 heterocycles. The zero-order valence-electron chi connectivity index (χ0n) is 17.2. The van der Waals surface area contributed by atoms with Gasteiger partial charge in [0.2, 0.25) is 10.0 Å². The Hall–Kier alpha value is -2.16. The molecule has 1 atom stereocenters.